The van der Waals surface area contributed by atoms with Crippen molar-refractivity contribution in [2.24, 2.45) is 38.7 Å². The van der Waals surface area contributed by atoms with Crippen LogP contribution < -0.4 is 44.6 Å². The second kappa shape index (κ2) is 17.1. The maximum Gasteiger partial charge on any atom is 0.325 e. The number of phenols is 1. The molecular weight excluding hydrogens is 524 g/mol. The SMILES string of the molecule is CC(NC(=O)C(Cc1ccc(O)cc1)NC(=O)C(CCCN=C(N)N)NC(=O)C(N)CCCN=C(N)N)C(=O)O. The largest absolute Gasteiger partial charge is 0.508 e. The molecule has 15 N–H and O–H groups in total. The Hall–Kier alpha value is -4.60. The summed E-state index contributed by atoms with van der Waals surface area (Å²) in [6, 6.07) is 1.42. The van der Waals surface area contributed by atoms with Crippen molar-refractivity contribution in [3.05, 3.63) is 29.8 Å². The van der Waals surface area contributed by atoms with Crippen molar-refractivity contribution >= 4 is 35.6 Å². The molecule has 222 valence electrons. The number of guanidine groups is 2. The molecule has 0 bridgehead atoms. The van der Waals surface area contributed by atoms with Crippen molar-refractivity contribution < 1.29 is 29.4 Å². The van der Waals surface area contributed by atoms with Gasteiger partial charge in [0.05, 0.1) is 6.04 Å². The lowest BCUT2D eigenvalue weighted by Gasteiger charge is -2.25. The van der Waals surface area contributed by atoms with Crippen LogP contribution in [0.4, 0.5) is 0 Å². The molecule has 0 spiro atoms. The average molecular weight is 565 g/mol. The van der Waals surface area contributed by atoms with Crippen molar-refractivity contribution in [1.82, 2.24) is 16.0 Å². The van der Waals surface area contributed by atoms with Gasteiger partial charge in [-0.2, -0.15) is 0 Å². The summed E-state index contributed by atoms with van der Waals surface area (Å²) in [5, 5.41) is 26.3. The Morgan fingerprint density at radius 3 is 1.82 bits per heavy atom. The predicted molar refractivity (Wildman–Crippen MR) is 149 cm³/mol. The van der Waals surface area contributed by atoms with Crippen LogP contribution in [0.2, 0.25) is 0 Å². The molecule has 4 unspecified atom stereocenters. The highest BCUT2D eigenvalue weighted by Crippen LogP contribution is 2.12. The molecule has 0 aliphatic heterocycles. The first-order valence-corrected chi connectivity index (χ1v) is 12.6. The van der Waals surface area contributed by atoms with Crippen molar-refractivity contribution in [3.8, 4) is 5.75 Å². The molecule has 1 aromatic rings. The molecule has 0 aromatic heterocycles. The number of carbonyl (C=O) groups is 4. The Kier molecular flexibility index (Phi) is 14.3. The number of aliphatic carboxylic acids is 1. The molecule has 16 nitrogen and oxygen atoms in total. The van der Waals surface area contributed by atoms with E-state index < -0.39 is 47.9 Å². The number of carboxylic acids is 1. The summed E-state index contributed by atoms with van der Waals surface area (Å²) >= 11 is 0. The van der Waals surface area contributed by atoms with Gasteiger partial charge < -0.3 is 54.8 Å². The van der Waals surface area contributed by atoms with Crippen LogP contribution in [0.15, 0.2) is 34.3 Å². The minimum Gasteiger partial charge on any atom is -0.508 e. The van der Waals surface area contributed by atoms with Gasteiger partial charge in [0.1, 0.15) is 23.9 Å². The summed E-state index contributed by atoms with van der Waals surface area (Å²) in [6.45, 7) is 1.73. The monoisotopic (exact) mass is 564 g/mol. The number of carboxylic acid groups (broad SMARTS) is 1. The Morgan fingerprint density at radius 1 is 0.800 bits per heavy atom. The Labute approximate surface area is 231 Å². The summed E-state index contributed by atoms with van der Waals surface area (Å²) < 4.78 is 0. The van der Waals surface area contributed by atoms with Gasteiger partial charge in [-0.25, -0.2) is 0 Å². The van der Waals surface area contributed by atoms with Gasteiger partial charge in [0.2, 0.25) is 17.7 Å². The van der Waals surface area contributed by atoms with E-state index in [-0.39, 0.29) is 50.0 Å². The van der Waals surface area contributed by atoms with Gasteiger partial charge in [-0.3, -0.25) is 29.2 Å². The van der Waals surface area contributed by atoms with Gasteiger partial charge >= 0.3 is 5.97 Å². The number of aromatic hydroxyl groups is 1. The summed E-state index contributed by atoms with van der Waals surface area (Å²) in [7, 11) is 0. The molecule has 0 radical (unpaired) electrons. The third-order valence-electron chi connectivity index (χ3n) is 5.62. The first-order valence-electron chi connectivity index (χ1n) is 12.6. The fourth-order valence-electron chi connectivity index (χ4n) is 3.43. The first kappa shape index (κ1) is 33.4. The van der Waals surface area contributed by atoms with E-state index in [1.807, 2.05) is 0 Å². The van der Waals surface area contributed by atoms with Gasteiger partial charge in [0, 0.05) is 19.5 Å². The molecule has 0 fully saturated rings. The van der Waals surface area contributed by atoms with Crippen molar-refractivity contribution in [2.75, 3.05) is 13.1 Å². The lowest BCUT2D eigenvalue weighted by Crippen LogP contribution is -2.57. The normalized spacial score (nSPS) is 13.6. The Morgan fingerprint density at radius 2 is 1.30 bits per heavy atom. The van der Waals surface area contributed by atoms with Gasteiger partial charge in [0.15, 0.2) is 11.9 Å². The maximum atomic E-state index is 13.3. The number of hydrogen-bond donors (Lipinski definition) is 10. The van der Waals surface area contributed by atoms with E-state index in [1.54, 1.807) is 12.1 Å². The molecule has 0 saturated carbocycles. The zero-order valence-electron chi connectivity index (χ0n) is 22.4. The molecular formula is C24H40N10O6. The fraction of sp³-hybridized carbons (Fsp3) is 0.500. The third kappa shape index (κ3) is 13.3. The number of rotatable bonds is 17. The lowest BCUT2D eigenvalue weighted by atomic mass is 10.0. The number of benzene rings is 1. The van der Waals surface area contributed by atoms with E-state index in [4.69, 9.17) is 28.7 Å². The van der Waals surface area contributed by atoms with Crippen molar-refractivity contribution in [1.29, 1.82) is 0 Å². The third-order valence-corrected chi connectivity index (χ3v) is 5.62. The number of amides is 3. The highest BCUT2D eigenvalue weighted by atomic mass is 16.4. The number of hydrogen-bond acceptors (Lipinski definition) is 8. The van der Waals surface area contributed by atoms with Gasteiger partial charge in [-0.15, -0.1) is 0 Å². The quantitative estimate of drug-likeness (QED) is 0.0514. The number of nitrogens with two attached hydrogens (primary N) is 5. The van der Waals surface area contributed by atoms with Crippen molar-refractivity contribution in [2.45, 2.75) is 63.2 Å². The molecule has 3 amide bonds. The minimum absolute atomic E-state index is 0.00600. The average Bonchev–Trinajstić information content (AvgIpc) is 2.88. The van der Waals surface area contributed by atoms with E-state index in [0.717, 1.165) is 0 Å². The lowest BCUT2D eigenvalue weighted by molar-refractivity contribution is -0.141. The van der Waals surface area contributed by atoms with Gasteiger partial charge in [-0.05, 0) is 50.3 Å². The van der Waals surface area contributed by atoms with Crippen LogP contribution in [0.3, 0.4) is 0 Å². The highest BCUT2D eigenvalue weighted by molar-refractivity contribution is 5.94. The molecule has 1 aromatic carbocycles. The molecule has 0 saturated heterocycles. The first-order chi connectivity index (χ1) is 18.8. The topological polar surface area (TPSA) is 300 Å². The molecule has 1 rings (SSSR count). The van der Waals surface area contributed by atoms with E-state index in [9.17, 15) is 29.4 Å². The highest BCUT2D eigenvalue weighted by Gasteiger charge is 2.29. The summed E-state index contributed by atoms with van der Waals surface area (Å²) in [6.07, 6.45) is 1.05. The maximum absolute atomic E-state index is 13.3. The van der Waals surface area contributed by atoms with Crippen LogP contribution in [0, 0.1) is 0 Å². The van der Waals surface area contributed by atoms with E-state index >= 15 is 0 Å². The van der Waals surface area contributed by atoms with Gasteiger partial charge in [0.25, 0.3) is 0 Å². The molecule has 0 aliphatic rings. The number of aliphatic imine (C=N–C) groups is 2. The predicted octanol–water partition coefficient (Wildman–Crippen LogP) is -3.07. The van der Waals surface area contributed by atoms with Crippen LogP contribution in [-0.4, -0.2) is 83.1 Å². The van der Waals surface area contributed by atoms with Gasteiger partial charge in [-0.1, -0.05) is 12.1 Å². The summed E-state index contributed by atoms with van der Waals surface area (Å²) in [5.74, 6) is -3.53. The van der Waals surface area contributed by atoms with Crippen LogP contribution >= 0.6 is 0 Å². The van der Waals surface area contributed by atoms with Crippen LogP contribution in [0.5, 0.6) is 5.75 Å². The molecule has 0 heterocycles. The molecule has 40 heavy (non-hydrogen) atoms. The number of carbonyl (C=O) groups excluding carboxylic acids is 3. The number of phenolic OH excluding ortho intramolecular Hbond substituents is 1. The van der Waals surface area contributed by atoms with E-state index in [0.29, 0.717) is 18.4 Å². The fourth-order valence-corrected chi connectivity index (χ4v) is 3.43. The van der Waals surface area contributed by atoms with E-state index in [2.05, 4.69) is 25.9 Å². The van der Waals surface area contributed by atoms with E-state index in [1.165, 1.54) is 19.1 Å². The second-order valence-electron chi connectivity index (χ2n) is 9.07. The van der Waals surface area contributed by atoms with Crippen molar-refractivity contribution in [3.63, 3.8) is 0 Å². The molecule has 16 heteroatoms. The zero-order valence-corrected chi connectivity index (χ0v) is 22.4. The molecule has 0 aliphatic carbocycles. The number of nitrogens with one attached hydrogen (secondary N) is 3. The van der Waals surface area contributed by atoms with Crippen LogP contribution in [0.25, 0.3) is 0 Å². The standard InChI is InChI=1S/C24H40N10O6/c1-13(22(39)40)32-21(38)18(12-14-6-8-15(35)9-7-14)34-20(37)17(5-3-11-31-24(28)29)33-19(36)16(25)4-2-10-30-23(26)27/h6-9,13,16-18,35H,2-5,10-12,25H2,1H3,(H,32,38)(H,33,36)(H,34,37)(H,39,40)(H4,26,27,30)(H4,28,29,31). The minimum atomic E-state index is -1.26. The smallest absolute Gasteiger partial charge is 0.325 e. The number of nitrogens with zero attached hydrogens (tertiary/aromatic N) is 2. The Bertz CT molecular complexity index is 1050. The molecule has 4 atom stereocenters. The Balaban J connectivity index is 3.06. The van der Waals surface area contributed by atoms with Crippen LogP contribution in [0.1, 0.15) is 38.2 Å². The zero-order chi connectivity index (χ0) is 30.2. The second-order valence-corrected chi connectivity index (χ2v) is 9.07. The van der Waals surface area contributed by atoms with Crippen LogP contribution in [-0.2, 0) is 25.6 Å². The summed E-state index contributed by atoms with van der Waals surface area (Å²) in [5.41, 5.74) is 27.8. The summed E-state index contributed by atoms with van der Waals surface area (Å²) in [4.78, 5) is 57.9.